The molecule has 0 aliphatic rings. The van der Waals surface area contributed by atoms with Crippen molar-refractivity contribution >= 4 is 29.2 Å². The summed E-state index contributed by atoms with van der Waals surface area (Å²) in [4.78, 5) is 24.6. The Morgan fingerprint density at radius 3 is 2.70 bits per heavy atom. The Morgan fingerprint density at radius 2 is 2.10 bits per heavy atom. The normalized spacial score (nSPS) is 10.4. The summed E-state index contributed by atoms with van der Waals surface area (Å²) in [5.74, 6) is -0.423. The van der Waals surface area contributed by atoms with Gasteiger partial charge in [0.2, 0.25) is 5.91 Å². The van der Waals surface area contributed by atoms with E-state index in [9.17, 15) is 9.59 Å². The second kappa shape index (κ2) is 7.87. The minimum Gasteiger partial charge on any atom is -0.469 e. The molecule has 1 amide bonds. The number of likely N-dealkylation sites (N-methyl/N-ethyl adjacent to an activating group) is 1. The number of aryl methyl sites for hydroxylation is 1. The monoisotopic (exact) mass is 298 g/mol. The third kappa shape index (κ3) is 5.59. The number of hydrogen-bond acceptors (Lipinski definition) is 4. The molecule has 0 bridgehead atoms. The van der Waals surface area contributed by atoms with Crippen LogP contribution in [0.15, 0.2) is 18.2 Å². The van der Waals surface area contributed by atoms with Gasteiger partial charge in [-0.1, -0.05) is 11.6 Å². The third-order valence-corrected chi connectivity index (χ3v) is 3.04. The highest BCUT2D eigenvalue weighted by molar-refractivity contribution is 6.30. The van der Waals surface area contributed by atoms with E-state index in [-0.39, 0.29) is 24.8 Å². The van der Waals surface area contributed by atoms with Gasteiger partial charge in [-0.25, -0.2) is 0 Å². The van der Waals surface area contributed by atoms with Crippen LogP contribution < -0.4 is 5.32 Å². The van der Waals surface area contributed by atoms with Crippen molar-refractivity contribution in [1.82, 2.24) is 4.90 Å². The van der Waals surface area contributed by atoms with Crippen molar-refractivity contribution in [2.45, 2.75) is 13.3 Å². The molecule has 0 heterocycles. The lowest BCUT2D eigenvalue weighted by Crippen LogP contribution is -2.32. The van der Waals surface area contributed by atoms with E-state index in [4.69, 9.17) is 11.6 Å². The number of rotatable bonds is 6. The maximum atomic E-state index is 11.9. The van der Waals surface area contributed by atoms with Gasteiger partial charge in [0, 0.05) is 17.3 Å². The standard InChI is InChI=1S/C14H19ClN2O3/c1-10-8-11(15)4-5-12(10)16-13(18)9-17(2)7-6-14(19)20-3/h4-5,8H,6-7,9H2,1-3H3,(H,16,18). The molecule has 0 aromatic heterocycles. The van der Waals surface area contributed by atoms with Crippen LogP contribution in [0, 0.1) is 6.92 Å². The Balaban J connectivity index is 2.45. The molecular formula is C14H19ClN2O3. The zero-order valence-corrected chi connectivity index (χ0v) is 12.7. The van der Waals surface area contributed by atoms with Crippen molar-refractivity contribution in [1.29, 1.82) is 0 Å². The fourth-order valence-corrected chi connectivity index (χ4v) is 1.89. The number of carbonyl (C=O) groups is 2. The summed E-state index contributed by atoms with van der Waals surface area (Å²) >= 11 is 5.86. The second-order valence-electron chi connectivity index (χ2n) is 4.57. The molecule has 5 nitrogen and oxygen atoms in total. The third-order valence-electron chi connectivity index (χ3n) is 2.80. The van der Waals surface area contributed by atoms with Gasteiger partial charge in [-0.15, -0.1) is 0 Å². The van der Waals surface area contributed by atoms with Crippen molar-refractivity contribution < 1.29 is 14.3 Å². The molecule has 0 atom stereocenters. The molecule has 1 rings (SSSR count). The molecule has 0 unspecified atom stereocenters. The first-order chi connectivity index (χ1) is 9.42. The molecule has 110 valence electrons. The van der Waals surface area contributed by atoms with Crippen LogP contribution in [0.1, 0.15) is 12.0 Å². The van der Waals surface area contributed by atoms with Crippen LogP contribution in [0.4, 0.5) is 5.69 Å². The average molecular weight is 299 g/mol. The summed E-state index contributed by atoms with van der Waals surface area (Å²) in [6.45, 7) is 2.56. The molecule has 0 aliphatic heterocycles. The van der Waals surface area contributed by atoms with Gasteiger partial charge < -0.3 is 10.1 Å². The van der Waals surface area contributed by atoms with E-state index in [1.165, 1.54) is 7.11 Å². The SMILES string of the molecule is COC(=O)CCN(C)CC(=O)Nc1ccc(Cl)cc1C. The molecule has 0 radical (unpaired) electrons. The zero-order chi connectivity index (χ0) is 15.1. The Labute approximate surface area is 123 Å². The molecule has 0 fully saturated rings. The van der Waals surface area contributed by atoms with Crippen LogP contribution >= 0.6 is 11.6 Å². The summed E-state index contributed by atoms with van der Waals surface area (Å²) < 4.78 is 4.55. The molecule has 6 heteroatoms. The second-order valence-corrected chi connectivity index (χ2v) is 5.01. The van der Waals surface area contributed by atoms with Crippen molar-refractivity contribution in [2.75, 3.05) is 32.6 Å². The van der Waals surface area contributed by atoms with E-state index >= 15 is 0 Å². The molecule has 0 saturated heterocycles. The van der Waals surface area contributed by atoms with Crippen molar-refractivity contribution in [2.24, 2.45) is 0 Å². The van der Waals surface area contributed by atoms with Crippen LogP contribution in [0.2, 0.25) is 5.02 Å². The van der Waals surface area contributed by atoms with E-state index in [2.05, 4.69) is 10.1 Å². The lowest BCUT2D eigenvalue weighted by molar-refractivity contribution is -0.141. The number of ether oxygens (including phenoxy) is 1. The topological polar surface area (TPSA) is 58.6 Å². The lowest BCUT2D eigenvalue weighted by atomic mass is 10.2. The number of benzene rings is 1. The smallest absolute Gasteiger partial charge is 0.306 e. The number of methoxy groups -OCH3 is 1. The number of hydrogen-bond donors (Lipinski definition) is 1. The molecule has 1 aromatic rings. The van der Waals surface area contributed by atoms with Gasteiger partial charge in [-0.2, -0.15) is 0 Å². The van der Waals surface area contributed by atoms with Crippen LogP contribution in [0.25, 0.3) is 0 Å². The summed E-state index contributed by atoms with van der Waals surface area (Å²) in [5, 5.41) is 3.45. The van der Waals surface area contributed by atoms with Gasteiger partial charge in [-0.05, 0) is 37.7 Å². The summed E-state index contributed by atoms with van der Waals surface area (Å²) in [7, 11) is 3.12. The van der Waals surface area contributed by atoms with E-state index < -0.39 is 0 Å². The zero-order valence-electron chi connectivity index (χ0n) is 11.9. The van der Waals surface area contributed by atoms with Gasteiger partial charge in [0.25, 0.3) is 0 Å². The number of halogens is 1. The number of esters is 1. The Morgan fingerprint density at radius 1 is 1.40 bits per heavy atom. The molecule has 0 aliphatic carbocycles. The Bertz CT molecular complexity index is 491. The highest BCUT2D eigenvalue weighted by atomic mass is 35.5. The minimum atomic E-state index is -0.286. The maximum absolute atomic E-state index is 11.9. The Kier molecular flexibility index (Phi) is 6.48. The van der Waals surface area contributed by atoms with Crippen LogP contribution in [-0.4, -0.2) is 44.0 Å². The number of nitrogens with zero attached hydrogens (tertiary/aromatic N) is 1. The van der Waals surface area contributed by atoms with E-state index in [1.54, 1.807) is 30.1 Å². The maximum Gasteiger partial charge on any atom is 0.306 e. The van der Waals surface area contributed by atoms with Gasteiger partial charge >= 0.3 is 5.97 Å². The van der Waals surface area contributed by atoms with Gasteiger partial charge in [-0.3, -0.25) is 14.5 Å². The average Bonchev–Trinajstić information content (AvgIpc) is 2.39. The summed E-state index contributed by atoms with van der Waals surface area (Å²) in [5.41, 5.74) is 1.64. The van der Waals surface area contributed by atoms with E-state index in [0.717, 1.165) is 11.3 Å². The largest absolute Gasteiger partial charge is 0.469 e. The first-order valence-corrected chi connectivity index (χ1v) is 6.61. The number of nitrogens with one attached hydrogen (secondary N) is 1. The van der Waals surface area contributed by atoms with Crippen LogP contribution in [0.5, 0.6) is 0 Å². The van der Waals surface area contributed by atoms with Gasteiger partial charge in [0.05, 0.1) is 20.1 Å². The van der Waals surface area contributed by atoms with E-state index in [0.29, 0.717) is 11.6 Å². The molecule has 1 N–H and O–H groups in total. The molecular weight excluding hydrogens is 280 g/mol. The molecule has 0 spiro atoms. The number of anilines is 1. The Hall–Kier alpha value is -1.59. The predicted molar refractivity (Wildman–Crippen MR) is 78.9 cm³/mol. The highest BCUT2D eigenvalue weighted by Gasteiger charge is 2.10. The molecule has 20 heavy (non-hydrogen) atoms. The predicted octanol–water partition coefficient (Wildman–Crippen LogP) is 2.08. The highest BCUT2D eigenvalue weighted by Crippen LogP contribution is 2.19. The summed E-state index contributed by atoms with van der Waals surface area (Å²) in [6.07, 6.45) is 0.264. The molecule has 0 saturated carbocycles. The first-order valence-electron chi connectivity index (χ1n) is 6.23. The van der Waals surface area contributed by atoms with Crippen molar-refractivity contribution in [3.8, 4) is 0 Å². The number of amides is 1. The quantitative estimate of drug-likeness (QED) is 0.817. The van der Waals surface area contributed by atoms with E-state index in [1.807, 2.05) is 6.92 Å². The summed E-state index contributed by atoms with van der Waals surface area (Å²) in [6, 6.07) is 5.29. The molecule has 1 aromatic carbocycles. The lowest BCUT2D eigenvalue weighted by Gasteiger charge is -2.16. The first kappa shape index (κ1) is 16.5. The van der Waals surface area contributed by atoms with Crippen molar-refractivity contribution in [3.63, 3.8) is 0 Å². The fourth-order valence-electron chi connectivity index (χ4n) is 1.67. The number of carbonyl (C=O) groups excluding carboxylic acids is 2. The van der Waals surface area contributed by atoms with Gasteiger partial charge in [0.15, 0.2) is 0 Å². The van der Waals surface area contributed by atoms with Crippen molar-refractivity contribution in [3.05, 3.63) is 28.8 Å². The minimum absolute atomic E-state index is 0.136. The van der Waals surface area contributed by atoms with Crippen LogP contribution in [-0.2, 0) is 14.3 Å². The van der Waals surface area contributed by atoms with Crippen LogP contribution in [0.3, 0.4) is 0 Å². The van der Waals surface area contributed by atoms with Gasteiger partial charge in [0.1, 0.15) is 0 Å². The fraction of sp³-hybridized carbons (Fsp3) is 0.429.